The highest BCUT2D eigenvalue weighted by Gasteiger charge is 2.21. The predicted octanol–water partition coefficient (Wildman–Crippen LogP) is 5.32. The molecule has 0 bridgehead atoms. The molecule has 4 nitrogen and oxygen atoms in total. The van der Waals surface area contributed by atoms with Crippen LogP contribution in [0.1, 0.15) is 41.5 Å². The monoisotopic (exact) mass is 387 g/mol. The van der Waals surface area contributed by atoms with Crippen LogP contribution in [0.4, 0.5) is 0 Å². The van der Waals surface area contributed by atoms with Crippen LogP contribution < -0.4 is 0 Å². The first-order chi connectivity index (χ1) is 14.2. The van der Waals surface area contributed by atoms with Gasteiger partial charge in [0.1, 0.15) is 5.71 Å². The Morgan fingerprint density at radius 3 is 1.90 bits per heavy atom. The van der Waals surface area contributed by atoms with Gasteiger partial charge in [-0.15, -0.1) is 0 Å². The Hall–Kier alpha value is -3.24. The highest BCUT2D eigenvalue weighted by atomic mass is 16.7. The minimum atomic E-state index is -0.372. The maximum Gasteiger partial charge on any atom is 0.342 e. The molecule has 0 N–H and O–H groups in total. The van der Waals surface area contributed by atoms with Crippen molar-refractivity contribution in [3.05, 3.63) is 107 Å². The molecule has 0 spiro atoms. The summed E-state index contributed by atoms with van der Waals surface area (Å²) >= 11 is 0. The van der Waals surface area contributed by atoms with E-state index in [9.17, 15) is 4.79 Å². The van der Waals surface area contributed by atoms with Crippen molar-refractivity contribution in [2.45, 2.75) is 25.9 Å². The second-order valence-electron chi connectivity index (χ2n) is 6.72. The lowest BCUT2D eigenvalue weighted by Gasteiger charge is -2.13. The molecule has 3 aromatic carbocycles. The number of hydrogen-bond donors (Lipinski definition) is 0. The first kappa shape index (κ1) is 20.5. The molecule has 0 aliphatic rings. The van der Waals surface area contributed by atoms with E-state index in [4.69, 9.17) is 9.57 Å². The van der Waals surface area contributed by atoms with E-state index >= 15 is 0 Å². The van der Waals surface area contributed by atoms with Gasteiger partial charge in [-0.25, -0.2) is 4.79 Å². The number of oxime groups is 1. The van der Waals surface area contributed by atoms with Gasteiger partial charge in [-0.05, 0) is 17.5 Å². The number of nitrogens with zero attached hydrogens (tertiary/aromatic N) is 1. The van der Waals surface area contributed by atoms with Crippen molar-refractivity contribution in [3.63, 3.8) is 0 Å². The van der Waals surface area contributed by atoms with Crippen molar-refractivity contribution in [1.82, 2.24) is 0 Å². The van der Waals surface area contributed by atoms with Crippen LogP contribution in [0.2, 0.25) is 0 Å². The third-order valence-electron chi connectivity index (χ3n) is 4.71. The van der Waals surface area contributed by atoms with Gasteiger partial charge < -0.3 is 9.57 Å². The molecule has 1 atom stereocenters. The summed E-state index contributed by atoms with van der Waals surface area (Å²) in [4.78, 5) is 18.2. The maximum atomic E-state index is 12.8. The van der Waals surface area contributed by atoms with Crippen molar-refractivity contribution < 1.29 is 14.4 Å². The van der Waals surface area contributed by atoms with Gasteiger partial charge in [0.15, 0.2) is 0 Å². The number of rotatable bonds is 8. The lowest BCUT2D eigenvalue weighted by atomic mass is 9.96. The Morgan fingerprint density at radius 2 is 1.41 bits per heavy atom. The fraction of sp³-hybridized carbons (Fsp3) is 0.200. The van der Waals surface area contributed by atoms with Crippen molar-refractivity contribution in [1.29, 1.82) is 0 Å². The average Bonchev–Trinajstić information content (AvgIpc) is 2.77. The van der Waals surface area contributed by atoms with Crippen LogP contribution in [0.3, 0.4) is 0 Å². The quantitative estimate of drug-likeness (QED) is 0.298. The average molecular weight is 387 g/mol. The zero-order chi connectivity index (χ0) is 20.5. The van der Waals surface area contributed by atoms with E-state index in [1.165, 1.54) is 0 Å². The van der Waals surface area contributed by atoms with Gasteiger partial charge in [0.05, 0.1) is 12.5 Å². The molecule has 0 heterocycles. The topological polar surface area (TPSA) is 47.9 Å². The standard InChI is InChI=1S/C25H25NO3/c1-3-23(20-16-14-19(15-17-20)18-28-2)25(27)29-26-24(21-10-6-4-7-11-21)22-12-8-5-9-13-22/h4-17,23H,3,18H2,1-2H3. The van der Waals surface area contributed by atoms with Crippen LogP contribution in [0.5, 0.6) is 0 Å². The lowest BCUT2D eigenvalue weighted by molar-refractivity contribution is -0.145. The number of hydrogen-bond acceptors (Lipinski definition) is 4. The molecule has 4 heteroatoms. The summed E-state index contributed by atoms with van der Waals surface area (Å²) in [6.07, 6.45) is 0.629. The van der Waals surface area contributed by atoms with E-state index in [0.717, 1.165) is 22.3 Å². The van der Waals surface area contributed by atoms with Gasteiger partial charge >= 0.3 is 5.97 Å². The Bertz CT molecular complexity index is 893. The fourth-order valence-corrected chi connectivity index (χ4v) is 3.17. The summed E-state index contributed by atoms with van der Waals surface area (Å²) in [5, 5.41) is 4.25. The fourth-order valence-electron chi connectivity index (χ4n) is 3.17. The molecule has 0 fully saturated rings. The molecule has 0 radical (unpaired) electrons. The number of ether oxygens (including phenoxy) is 1. The first-order valence-electron chi connectivity index (χ1n) is 9.70. The third-order valence-corrected chi connectivity index (χ3v) is 4.71. The Kier molecular flexibility index (Phi) is 7.31. The van der Waals surface area contributed by atoms with Gasteiger partial charge in [-0.2, -0.15) is 0 Å². The molecule has 29 heavy (non-hydrogen) atoms. The molecule has 3 aromatic rings. The third kappa shape index (κ3) is 5.39. The molecule has 0 aliphatic carbocycles. The summed E-state index contributed by atoms with van der Waals surface area (Å²) in [5.74, 6) is -0.737. The first-order valence-corrected chi connectivity index (χ1v) is 9.70. The number of carbonyl (C=O) groups excluding carboxylic acids is 1. The van der Waals surface area contributed by atoms with Crippen LogP contribution in [0.25, 0.3) is 0 Å². The van der Waals surface area contributed by atoms with Gasteiger partial charge in [0.2, 0.25) is 0 Å². The second-order valence-corrected chi connectivity index (χ2v) is 6.72. The van der Waals surface area contributed by atoms with Gasteiger partial charge in [-0.3, -0.25) is 0 Å². The van der Waals surface area contributed by atoms with Gasteiger partial charge in [-0.1, -0.05) is 97.0 Å². The van der Waals surface area contributed by atoms with Gasteiger partial charge in [0.25, 0.3) is 0 Å². The molecule has 0 amide bonds. The number of carbonyl (C=O) groups is 1. The molecule has 1 unspecified atom stereocenters. The summed E-state index contributed by atoms with van der Waals surface area (Å²) < 4.78 is 5.14. The normalized spacial score (nSPS) is 11.5. The van der Waals surface area contributed by atoms with Crippen molar-refractivity contribution in [2.24, 2.45) is 5.16 Å². The number of methoxy groups -OCH3 is 1. The Labute approximate surface area is 171 Å². The molecule has 0 aliphatic heterocycles. The van der Waals surface area contributed by atoms with E-state index in [1.807, 2.05) is 91.9 Å². The van der Waals surface area contributed by atoms with Crippen molar-refractivity contribution >= 4 is 11.7 Å². The van der Waals surface area contributed by atoms with E-state index in [0.29, 0.717) is 18.7 Å². The van der Waals surface area contributed by atoms with E-state index in [2.05, 4.69) is 5.16 Å². The second kappa shape index (κ2) is 10.3. The molecule has 148 valence electrons. The van der Waals surface area contributed by atoms with E-state index < -0.39 is 0 Å². The van der Waals surface area contributed by atoms with E-state index in [-0.39, 0.29) is 11.9 Å². The van der Waals surface area contributed by atoms with Crippen LogP contribution in [-0.2, 0) is 21.0 Å². The predicted molar refractivity (Wildman–Crippen MR) is 115 cm³/mol. The van der Waals surface area contributed by atoms with Crippen LogP contribution >= 0.6 is 0 Å². The SMILES string of the molecule is CCC(C(=O)ON=C(c1ccccc1)c1ccccc1)c1ccc(COC)cc1. The molecule has 3 rings (SSSR count). The zero-order valence-corrected chi connectivity index (χ0v) is 16.7. The summed E-state index contributed by atoms with van der Waals surface area (Å²) in [7, 11) is 1.66. The Balaban J connectivity index is 1.83. The molecular weight excluding hydrogens is 362 g/mol. The highest BCUT2D eigenvalue weighted by Crippen LogP contribution is 2.22. The highest BCUT2D eigenvalue weighted by molar-refractivity contribution is 6.12. The minimum absolute atomic E-state index is 0.364. The van der Waals surface area contributed by atoms with Crippen LogP contribution in [0.15, 0.2) is 90.1 Å². The summed E-state index contributed by atoms with van der Waals surface area (Å²) in [6.45, 7) is 2.51. The molecule has 0 saturated carbocycles. The molecular formula is C25H25NO3. The lowest BCUT2D eigenvalue weighted by Crippen LogP contribution is -2.15. The number of benzene rings is 3. The van der Waals surface area contributed by atoms with Crippen LogP contribution in [0, 0.1) is 0 Å². The van der Waals surface area contributed by atoms with Crippen molar-refractivity contribution in [2.75, 3.05) is 7.11 Å². The van der Waals surface area contributed by atoms with E-state index in [1.54, 1.807) is 7.11 Å². The Morgan fingerprint density at radius 1 is 0.862 bits per heavy atom. The molecule has 0 saturated heterocycles. The zero-order valence-electron chi connectivity index (χ0n) is 16.7. The smallest absolute Gasteiger partial charge is 0.342 e. The van der Waals surface area contributed by atoms with Gasteiger partial charge in [0, 0.05) is 18.2 Å². The molecule has 0 aromatic heterocycles. The minimum Gasteiger partial charge on any atom is -0.380 e. The largest absolute Gasteiger partial charge is 0.380 e. The van der Waals surface area contributed by atoms with Crippen LogP contribution in [-0.4, -0.2) is 18.8 Å². The maximum absolute atomic E-state index is 12.8. The summed E-state index contributed by atoms with van der Waals surface area (Å²) in [5.41, 5.74) is 4.39. The summed E-state index contributed by atoms with van der Waals surface area (Å²) in [6, 6.07) is 27.3. The van der Waals surface area contributed by atoms with Crippen molar-refractivity contribution in [3.8, 4) is 0 Å².